The summed E-state index contributed by atoms with van der Waals surface area (Å²) in [5.41, 5.74) is 12.6. The zero-order valence-corrected chi connectivity index (χ0v) is 21.9. The van der Waals surface area contributed by atoms with Crippen LogP contribution in [0.5, 0.6) is 0 Å². The summed E-state index contributed by atoms with van der Waals surface area (Å²) in [5, 5.41) is 3.71. The molecule has 188 valence electrons. The van der Waals surface area contributed by atoms with Crippen molar-refractivity contribution < 1.29 is 0 Å². The summed E-state index contributed by atoms with van der Waals surface area (Å²) in [6, 6.07) is 56.3. The van der Waals surface area contributed by atoms with Gasteiger partial charge in [-0.2, -0.15) is 0 Å². The zero-order valence-electron chi connectivity index (χ0n) is 21.9. The van der Waals surface area contributed by atoms with Gasteiger partial charge in [-0.25, -0.2) is 0 Å². The highest BCUT2D eigenvalue weighted by Gasteiger charge is 2.08. The highest BCUT2D eigenvalue weighted by atomic mass is 14.8. The van der Waals surface area contributed by atoms with E-state index in [4.69, 9.17) is 0 Å². The Morgan fingerprint density at radius 3 is 1.00 bits per heavy atom. The Morgan fingerprint density at radius 2 is 0.590 bits per heavy atom. The van der Waals surface area contributed by atoms with Crippen molar-refractivity contribution in [2.24, 2.45) is 0 Å². The molecule has 6 aromatic rings. The molecule has 1 heteroatoms. The molecule has 0 fully saturated rings. The van der Waals surface area contributed by atoms with E-state index in [9.17, 15) is 0 Å². The third-order valence-electron chi connectivity index (χ3n) is 7.27. The summed E-state index contributed by atoms with van der Waals surface area (Å²) in [6.45, 7) is 1.61. The second-order valence-electron chi connectivity index (χ2n) is 9.80. The van der Waals surface area contributed by atoms with Gasteiger partial charge in [0.2, 0.25) is 0 Å². The van der Waals surface area contributed by atoms with Crippen LogP contribution in [0, 0.1) is 0 Å². The van der Waals surface area contributed by atoms with Crippen molar-refractivity contribution >= 4 is 0 Å². The van der Waals surface area contributed by atoms with E-state index in [2.05, 4.69) is 163 Å². The molecule has 39 heavy (non-hydrogen) atoms. The van der Waals surface area contributed by atoms with Crippen molar-refractivity contribution in [1.82, 2.24) is 5.32 Å². The fourth-order valence-electron chi connectivity index (χ4n) is 5.19. The highest BCUT2D eigenvalue weighted by Crippen LogP contribution is 2.29. The van der Waals surface area contributed by atoms with Crippen molar-refractivity contribution in [3.63, 3.8) is 0 Å². The van der Waals surface area contributed by atoms with E-state index in [1.807, 2.05) is 0 Å². The molecular weight excluding hydrogens is 470 g/mol. The lowest BCUT2D eigenvalue weighted by molar-refractivity contribution is 0.695. The van der Waals surface area contributed by atoms with Gasteiger partial charge in [0.1, 0.15) is 0 Å². The Labute approximate surface area is 231 Å². The lowest BCUT2D eigenvalue weighted by Gasteiger charge is -2.14. The van der Waals surface area contributed by atoms with E-state index in [1.54, 1.807) is 0 Å². The number of nitrogens with one attached hydrogen (secondary N) is 1. The van der Waals surface area contributed by atoms with E-state index in [-0.39, 0.29) is 0 Å². The minimum Gasteiger partial charge on any atom is -0.309 e. The number of benzene rings is 6. The van der Waals surface area contributed by atoms with Gasteiger partial charge >= 0.3 is 0 Å². The average Bonchev–Trinajstić information content (AvgIpc) is 3.03. The molecule has 0 aliphatic carbocycles. The third-order valence-corrected chi connectivity index (χ3v) is 7.27. The number of hydrogen-bond donors (Lipinski definition) is 1. The van der Waals surface area contributed by atoms with Crippen LogP contribution < -0.4 is 5.32 Å². The number of rotatable bonds is 8. The number of hydrogen-bond acceptors (Lipinski definition) is 1. The maximum absolute atomic E-state index is 3.71. The highest BCUT2D eigenvalue weighted by molar-refractivity contribution is 5.73. The first-order valence-electron chi connectivity index (χ1n) is 13.5. The monoisotopic (exact) mass is 501 g/mol. The van der Waals surface area contributed by atoms with Crippen LogP contribution in [0.25, 0.3) is 44.5 Å². The molecule has 0 aliphatic rings. The molecule has 6 rings (SSSR count). The molecule has 0 spiro atoms. The van der Waals surface area contributed by atoms with Crippen molar-refractivity contribution in [1.29, 1.82) is 0 Å². The van der Waals surface area contributed by atoms with Crippen molar-refractivity contribution in [3.8, 4) is 44.5 Å². The van der Waals surface area contributed by atoms with E-state index in [0.29, 0.717) is 0 Å². The van der Waals surface area contributed by atoms with Gasteiger partial charge in [-0.15, -0.1) is 0 Å². The van der Waals surface area contributed by atoms with E-state index >= 15 is 0 Å². The lowest BCUT2D eigenvalue weighted by Crippen LogP contribution is -2.14. The van der Waals surface area contributed by atoms with Crippen molar-refractivity contribution in [2.45, 2.75) is 13.1 Å². The summed E-state index contributed by atoms with van der Waals surface area (Å²) in [6.07, 6.45) is 0. The van der Waals surface area contributed by atoms with Gasteiger partial charge < -0.3 is 5.32 Å². The summed E-state index contributed by atoms with van der Waals surface area (Å²) in [4.78, 5) is 0. The molecule has 0 saturated carbocycles. The van der Waals surface area contributed by atoms with Gasteiger partial charge in [0, 0.05) is 13.1 Å². The molecule has 0 unspecified atom stereocenters. The zero-order chi connectivity index (χ0) is 26.3. The molecule has 0 aliphatic heterocycles. The van der Waals surface area contributed by atoms with Crippen LogP contribution in [-0.2, 0) is 13.1 Å². The van der Waals surface area contributed by atoms with E-state index in [0.717, 1.165) is 13.1 Å². The predicted molar refractivity (Wildman–Crippen MR) is 165 cm³/mol. The second kappa shape index (κ2) is 11.8. The summed E-state index contributed by atoms with van der Waals surface area (Å²) < 4.78 is 0. The molecule has 0 heterocycles. The standard InChI is InChI=1S/C38H31N/c1-3-11-29(12-4-1)31-19-23-33(24-20-31)37-17-9-7-15-35(37)27-39-28-36-16-8-10-18-38(36)34-25-21-32(22-26-34)30-13-5-2-6-14-30/h1-26,39H,27-28H2. The fraction of sp³-hybridized carbons (Fsp3) is 0.0526. The van der Waals surface area contributed by atoms with Gasteiger partial charge in [-0.05, 0) is 55.6 Å². The maximum Gasteiger partial charge on any atom is 0.0214 e. The van der Waals surface area contributed by atoms with Crippen molar-refractivity contribution in [3.05, 3.63) is 169 Å². The summed E-state index contributed by atoms with van der Waals surface area (Å²) in [5.74, 6) is 0. The quantitative estimate of drug-likeness (QED) is 0.219. The van der Waals surface area contributed by atoms with E-state index < -0.39 is 0 Å². The molecule has 0 aromatic heterocycles. The van der Waals surface area contributed by atoms with Crippen LogP contribution in [0.1, 0.15) is 11.1 Å². The minimum atomic E-state index is 0.803. The van der Waals surface area contributed by atoms with Crippen LogP contribution in [-0.4, -0.2) is 0 Å². The van der Waals surface area contributed by atoms with E-state index in [1.165, 1.54) is 55.6 Å². The Kier molecular flexibility index (Phi) is 7.43. The topological polar surface area (TPSA) is 12.0 Å². The Balaban J connectivity index is 1.16. The average molecular weight is 502 g/mol. The van der Waals surface area contributed by atoms with Crippen LogP contribution in [0.15, 0.2) is 158 Å². The molecule has 6 aromatic carbocycles. The first-order chi connectivity index (χ1) is 19.3. The summed E-state index contributed by atoms with van der Waals surface area (Å²) in [7, 11) is 0. The van der Waals surface area contributed by atoms with Gasteiger partial charge in [0.05, 0.1) is 0 Å². The molecular formula is C38H31N. The molecule has 0 amide bonds. The second-order valence-corrected chi connectivity index (χ2v) is 9.80. The summed E-state index contributed by atoms with van der Waals surface area (Å²) >= 11 is 0. The van der Waals surface area contributed by atoms with Gasteiger partial charge in [0.15, 0.2) is 0 Å². The van der Waals surface area contributed by atoms with Crippen LogP contribution >= 0.6 is 0 Å². The minimum absolute atomic E-state index is 0.803. The van der Waals surface area contributed by atoms with Crippen LogP contribution in [0.4, 0.5) is 0 Å². The lowest BCUT2D eigenvalue weighted by atomic mass is 9.96. The smallest absolute Gasteiger partial charge is 0.0214 e. The fourth-order valence-corrected chi connectivity index (χ4v) is 5.19. The molecule has 1 N–H and O–H groups in total. The van der Waals surface area contributed by atoms with Crippen molar-refractivity contribution in [2.75, 3.05) is 0 Å². The Bertz CT molecular complexity index is 1510. The molecule has 0 bridgehead atoms. The maximum atomic E-state index is 3.71. The van der Waals surface area contributed by atoms with Gasteiger partial charge in [-0.1, -0.05) is 158 Å². The predicted octanol–water partition coefficient (Wildman–Crippen LogP) is 9.64. The Hall–Kier alpha value is -4.72. The SMILES string of the molecule is c1ccc(-c2ccc(-c3ccccc3CNCc3ccccc3-c3ccc(-c4ccccc4)cc3)cc2)cc1. The molecule has 0 saturated heterocycles. The molecule has 0 atom stereocenters. The van der Waals surface area contributed by atoms with Crippen LogP contribution in [0.3, 0.4) is 0 Å². The first kappa shape index (κ1) is 24.6. The first-order valence-corrected chi connectivity index (χ1v) is 13.5. The normalized spacial score (nSPS) is 10.9. The van der Waals surface area contributed by atoms with Gasteiger partial charge in [-0.3, -0.25) is 0 Å². The largest absolute Gasteiger partial charge is 0.309 e. The van der Waals surface area contributed by atoms with Crippen LogP contribution in [0.2, 0.25) is 0 Å². The Morgan fingerprint density at radius 1 is 0.282 bits per heavy atom. The molecule has 0 radical (unpaired) electrons. The third kappa shape index (κ3) is 5.75. The van der Waals surface area contributed by atoms with Gasteiger partial charge in [0.25, 0.3) is 0 Å². The molecule has 1 nitrogen and oxygen atoms in total.